The Labute approximate surface area is 141 Å². The second-order valence-electron chi connectivity index (χ2n) is 6.58. The second kappa shape index (κ2) is 7.57. The number of amides is 1. The molecule has 1 aromatic heterocycles. The van der Waals surface area contributed by atoms with Crippen LogP contribution in [0.25, 0.3) is 0 Å². The summed E-state index contributed by atoms with van der Waals surface area (Å²) in [6.45, 7) is 5.14. The lowest BCUT2D eigenvalue weighted by atomic mass is 10.0. The maximum Gasteiger partial charge on any atom is 0.228 e. The number of hydrogen-bond acceptors (Lipinski definition) is 6. The van der Waals surface area contributed by atoms with Gasteiger partial charge in [-0.3, -0.25) is 14.7 Å². The molecule has 2 aliphatic rings. The van der Waals surface area contributed by atoms with Crippen LogP contribution in [0.3, 0.4) is 0 Å². The Balaban J connectivity index is 1.51. The Morgan fingerprint density at radius 2 is 2.00 bits per heavy atom. The molecule has 7 nitrogen and oxygen atoms in total. The van der Waals surface area contributed by atoms with E-state index in [0.29, 0.717) is 39.2 Å². The lowest BCUT2D eigenvalue weighted by Gasteiger charge is -2.43. The minimum atomic E-state index is -0.837. The van der Waals surface area contributed by atoms with Crippen molar-refractivity contribution in [1.82, 2.24) is 14.8 Å². The molecule has 132 valence electrons. The number of nitrogens with zero attached hydrogens (tertiary/aromatic N) is 3. The minimum Gasteiger partial charge on any atom is -0.389 e. The first-order chi connectivity index (χ1) is 11.5. The van der Waals surface area contributed by atoms with Crippen LogP contribution in [0.4, 0.5) is 0 Å². The van der Waals surface area contributed by atoms with Gasteiger partial charge >= 0.3 is 0 Å². The summed E-state index contributed by atoms with van der Waals surface area (Å²) in [4.78, 5) is 20.6. The van der Waals surface area contributed by atoms with Crippen LogP contribution in [0.2, 0.25) is 0 Å². The number of carbonyl (C=O) groups excluding carboxylic acids is 1. The van der Waals surface area contributed by atoms with E-state index in [-0.39, 0.29) is 18.6 Å². The molecule has 3 heterocycles. The maximum atomic E-state index is 12.4. The molecule has 0 saturated carbocycles. The van der Waals surface area contributed by atoms with Crippen molar-refractivity contribution in [1.29, 1.82) is 0 Å². The van der Waals surface area contributed by atoms with Crippen LogP contribution >= 0.6 is 0 Å². The smallest absolute Gasteiger partial charge is 0.228 e. The molecule has 1 aromatic rings. The SMILES string of the molecule is Cc1ccc(CC(=O)N2CCN([C@@H]3COC[C@@H](O)[C@H]3O)CC2)nc1. The van der Waals surface area contributed by atoms with E-state index >= 15 is 0 Å². The zero-order chi connectivity index (χ0) is 17.1. The van der Waals surface area contributed by atoms with Gasteiger partial charge in [0.1, 0.15) is 6.10 Å². The first kappa shape index (κ1) is 17.3. The Hall–Kier alpha value is -1.54. The predicted molar refractivity (Wildman–Crippen MR) is 87.5 cm³/mol. The molecule has 1 amide bonds. The molecule has 3 atom stereocenters. The number of aromatic nitrogens is 1. The number of carbonyl (C=O) groups is 1. The Kier molecular flexibility index (Phi) is 5.45. The Morgan fingerprint density at radius 3 is 2.67 bits per heavy atom. The standard InChI is InChI=1S/C17H25N3O4/c1-12-2-3-13(18-9-12)8-16(22)20-6-4-19(5-7-20)14-10-24-11-15(21)17(14)23/h2-3,9,14-15,17,21,23H,4-8,10-11H2,1H3/t14-,15-,17+/m1/s1. The number of rotatable bonds is 3. The van der Waals surface area contributed by atoms with E-state index in [2.05, 4.69) is 9.88 Å². The van der Waals surface area contributed by atoms with Crippen LogP contribution in [0.15, 0.2) is 18.3 Å². The Bertz CT molecular complexity index is 557. The maximum absolute atomic E-state index is 12.4. The molecule has 0 aromatic carbocycles. The quantitative estimate of drug-likeness (QED) is 0.752. The molecule has 0 bridgehead atoms. The molecule has 3 rings (SSSR count). The summed E-state index contributed by atoms with van der Waals surface area (Å²) in [6, 6.07) is 3.65. The summed E-state index contributed by atoms with van der Waals surface area (Å²) in [5.74, 6) is 0.0754. The van der Waals surface area contributed by atoms with Crippen molar-refractivity contribution in [3.63, 3.8) is 0 Å². The van der Waals surface area contributed by atoms with E-state index in [1.165, 1.54) is 0 Å². The monoisotopic (exact) mass is 335 g/mol. The number of pyridine rings is 1. The third-order valence-electron chi connectivity index (χ3n) is 4.81. The summed E-state index contributed by atoms with van der Waals surface area (Å²) < 4.78 is 5.34. The molecule has 24 heavy (non-hydrogen) atoms. The molecule has 0 spiro atoms. The molecule has 2 fully saturated rings. The van der Waals surface area contributed by atoms with Crippen LogP contribution in [0, 0.1) is 6.92 Å². The second-order valence-corrected chi connectivity index (χ2v) is 6.58. The fraction of sp³-hybridized carbons (Fsp3) is 0.647. The van der Waals surface area contributed by atoms with Gasteiger partial charge in [-0.1, -0.05) is 6.07 Å². The lowest BCUT2D eigenvalue weighted by Crippen LogP contribution is -2.60. The van der Waals surface area contributed by atoms with Crippen molar-refractivity contribution >= 4 is 5.91 Å². The van der Waals surface area contributed by atoms with Gasteiger partial charge < -0.3 is 19.8 Å². The summed E-state index contributed by atoms with van der Waals surface area (Å²) in [5.41, 5.74) is 1.86. The van der Waals surface area contributed by atoms with Gasteiger partial charge in [0, 0.05) is 38.1 Å². The number of hydrogen-bond donors (Lipinski definition) is 2. The van der Waals surface area contributed by atoms with Crippen molar-refractivity contribution in [3.05, 3.63) is 29.6 Å². The summed E-state index contributed by atoms with van der Waals surface area (Å²) in [7, 11) is 0. The van der Waals surface area contributed by atoms with Crippen LogP contribution in [-0.4, -0.2) is 88.5 Å². The van der Waals surface area contributed by atoms with Crippen molar-refractivity contribution in [2.45, 2.75) is 31.6 Å². The highest BCUT2D eigenvalue weighted by molar-refractivity contribution is 5.78. The van der Waals surface area contributed by atoms with Gasteiger partial charge in [0.25, 0.3) is 0 Å². The van der Waals surface area contributed by atoms with Gasteiger partial charge in [-0.25, -0.2) is 0 Å². The zero-order valence-electron chi connectivity index (χ0n) is 14.0. The van der Waals surface area contributed by atoms with E-state index in [1.54, 1.807) is 6.20 Å². The third kappa shape index (κ3) is 3.92. The molecule has 0 radical (unpaired) electrons. The fourth-order valence-electron chi connectivity index (χ4n) is 3.26. The van der Waals surface area contributed by atoms with Crippen molar-refractivity contribution < 1.29 is 19.7 Å². The summed E-state index contributed by atoms with van der Waals surface area (Å²) in [5, 5.41) is 19.9. The van der Waals surface area contributed by atoms with E-state index in [4.69, 9.17) is 4.74 Å². The van der Waals surface area contributed by atoms with Gasteiger partial charge in [-0.05, 0) is 18.6 Å². The lowest BCUT2D eigenvalue weighted by molar-refractivity contribution is -0.144. The number of aryl methyl sites for hydroxylation is 1. The van der Waals surface area contributed by atoms with E-state index in [9.17, 15) is 15.0 Å². The zero-order valence-corrected chi connectivity index (χ0v) is 14.0. The van der Waals surface area contributed by atoms with Gasteiger partial charge in [-0.15, -0.1) is 0 Å². The van der Waals surface area contributed by atoms with Gasteiger partial charge in [0.15, 0.2) is 0 Å². The highest BCUT2D eigenvalue weighted by atomic mass is 16.5. The molecule has 2 N–H and O–H groups in total. The van der Waals surface area contributed by atoms with Crippen molar-refractivity contribution in [2.75, 3.05) is 39.4 Å². The summed E-state index contributed by atoms with van der Waals surface area (Å²) >= 11 is 0. The number of aliphatic hydroxyl groups excluding tert-OH is 2. The highest BCUT2D eigenvalue weighted by Gasteiger charge is 2.37. The molecule has 0 unspecified atom stereocenters. The number of piperazine rings is 1. The average molecular weight is 335 g/mol. The highest BCUT2D eigenvalue weighted by Crippen LogP contribution is 2.17. The van der Waals surface area contributed by atoms with E-state index < -0.39 is 12.2 Å². The number of ether oxygens (including phenoxy) is 1. The van der Waals surface area contributed by atoms with E-state index in [1.807, 2.05) is 24.0 Å². The normalized spacial score (nSPS) is 28.8. The Morgan fingerprint density at radius 1 is 1.25 bits per heavy atom. The molecule has 7 heteroatoms. The molecule has 2 aliphatic heterocycles. The van der Waals surface area contributed by atoms with Crippen LogP contribution in [-0.2, 0) is 16.0 Å². The molecular weight excluding hydrogens is 310 g/mol. The van der Waals surface area contributed by atoms with E-state index in [0.717, 1.165) is 11.3 Å². The van der Waals surface area contributed by atoms with Crippen LogP contribution in [0.5, 0.6) is 0 Å². The number of aliphatic hydroxyl groups is 2. The van der Waals surface area contributed by atoms with Gasteiger partial charge in [0.05, 0.1) is 31.8 Å². The van der Waals surface area contributed by atoms with Crippen LogP contribution < -0.4 is 0 Å². The van der Waals surface area contributed by atoms with Crippen molar-refractivity contribution in [2.24, 2.45) is 0 Å². The van der Waals surface area contributed by atoms with Crippen molar-refractivity contribution in [3.8, 4) is 0 Å². The average Bonchev–Trinajstić information content (AvgIpc) is 2.59. The predicted octanol–water partition coefficient (Wildman–Crippen LogP) is -0.803. The molecule has 0 aliphatic carbocycles. The summed E-state index contributed by atoms with van der Waals surface area (Å²) in [6.07, 6.45) is 0.457. The third-order valence-corrected chi connectivity index (χ3v) is 4.81. The largest absolute Gasteiger partial charge is 0.389 e. The topological polar surface area (TPSA) is 86.1 Å². The first-order valence-electron chi connectivity index (χ1n) is 8.42. The molecular formula is C17H25N3O4. The van der Waals surface area contributed by atoms with Crippen LogP contribution in [0.1, 0.15) is 11.3 Å². The molecule has 2 saturated heterocycles. The minimum absolute atomic E-state index is 0.0754. The van der Waals surface area contributed by atoms with Gasteiger partial charge in [0.2, 0.25) is 5.91 Å². The van der Waals surface area contributed by atoms with Gasteiger partial charge in [-0.2, -0.15) is 0 Å². The fourth-order valence-corrected chi connectivity index (χ4v) is 3.26. The first-order valence-corrected chi connectivity index (χ1v) is 8.42.